The van der Waals surface area contributed by atoms with Gasteiger partial charge in [-0.15, -0.1) is 11.3 Å². The summed E-state index contributed by atoms with van der Waals surface area (Å²) in [5, 5.41) is 18.0. The number of aliphatic hydroxyl groups excluding tert-OH is 1. The van der Waals surface area contributed by atoms with E-state index in [0.29, 0.717) is 18.5 Å². The molecule has 4 rings (SSSR count). The highest BCUT2D eigenvalue weighted by Crippen LogP contribution is 2.33. The lowest BCUT2D eigenvalue weighted by molar-refractivity contribution is 0.304. The Morgan fingerprint density at radius 3 is 2.80 bits per heavy atom. The third kappa shape index (κ3) is 6.32. The van der Waals surface area contributed by atoms with Gasteiger partial charge in [-0.3, -0.25) is 5.41 Å². The number of ether oxygens (including phenoxy) is 1. The number of amidine groups is 1. The van der Waals surface area contributed by atoms with Gasteiger partial charge in [0.1, 0.15) is 16.6 Å². The van der Waals surface area contributed by atoms with Crippen LogP contribution in [0.4, 0.5) is 5.69 Å². The van der Waals surface area contributed by atoms with Crippen molar-refractivity contribution in [2.75, 3.05) is 32.2 Å². The average Bonchev–Trinajstić information content (AvgIpc) is 3.30. The Morgan fingerprint density at radius 2 is 2.03 bits per heavy atom. The molecule has 9 heteroatoms. The SMILES string of the molecule is COc1ccc2nc(C(Cc3cccc(C(=N)N)c3)NSc3cccc(N(C)CCO)c3)sc2c1. The number of thiazole rings is 1. The van der Waals surface area contributed by atoms with Crippen molar-refractivity contribution in [3.8, 4) is 5.75 Å². The molecule has 0 saturated carbocycles. The molecule has 0 aliphatic carbocycles. The Morgan fingerprint density at radius 1 is 1.20 bits per heavy atom. The standard InChI is InChI=1S/C26H29N5O2S2/c1-31(11-12-32)19-7-4-8-21(15-19)35-30-23(14-17-5-3-6-18(13-17)25(27)28)26-29-22-10-9-20(33-2)16-24(22)34-26/h3-10,13,15-16,23,30,32H,11-12,14H2,1-2H3,(H3,27,28). The Hall–Kier alpha value is -3.11. The van der Waals surface area contributed by atoms with E-state index in [-0.39, 0.29) is 18.5 Å². The summed E-state index contributed by atoms with van der Waals surface area (Å²) < 4.78 is 10.1. The van der Waals surface area contributed by atoms with Crippen LogP contribution in [0.3, 0.4) is 0 Å². The van der Waals surface area contributed by atoms with E-state index in [4.69, 9.17) is 20.9 Å². The summed E-state index contributed by atoms with van der Waals surface area (Å²) in [7, 11) is 3.63. The molecule has 1 unspecified atom stereocenters. The Kier molecular flexibility index (Phi) is 8.25. The molecule has 0 radical (unpaired) electrons. The second kappa shape index (κ2) is 11.5. The lowest BCUT2D eigenvalue weighted by Crippen LogP contribution is -2.21. The molecule has 0 saturated heterocycles. The van der Waals surface area contributed by atoms with Crippen LogP contribution in [0.15, 0.2) is 71.6 Å². The van der Waals surface area contributed by atoms with Gasteiger partial charge in [0, 0.05) is 29.7 Å². The first-order valence-electron chi connectivity index (χ1n) is 11.2. The summed E-state index contributed by atoms with van der Waals surface area (Å²) in [6.45, 7) is 0.682. The van der Waals surface area contributed by atoms with Crippen LogP contribution in [0.25, 0.3) is 10.2 Å². The van der Waals surface area contributed by atoms with E-state index < -0.39 is 0 Å². The summed E-state index contributed by atoms with van der Waals surface area (Å²) in [5.41, 5.74) is 9.49. The number of aromatic nitrogens is 1. The number of likely N-dealkylation sites (N-methyl/N-ethyl adjacent to an activating group) is 1. The quantitative estimate of drug-likeness (QED) is 0.134. The molecule has 0 bridgehead atoms. The number of nitrogens with one attached hydrogen (secondary N) is 2. The molecule has 0 amide bonds. The third-order valence-electron chi connectivity index (χ3n) is 5.60. The highest BCUT2D eigenvalue weighted by Gasteiger charge is 2.19. The minimum absolute atomic E-state index is 0.0571. The zero-order valence-corrected chi connectivity index (χ0v) is 21.3. The summed E-state index contributed by atoms with van der Waals surface area (Å²) in [6, 6.07) is 21.9. The second-order valence-electron chi connectivity index (χ2n) is 8.12. The van der Waals surface area contributed by atoms with E-state index in [1.165, 1.54) is 0 Å². The van der Waals surface area contributed by atoms with Gasteiger partial charge in [0.25, 0.3) is 0 Å². The van der Waals surface area contributed by atoms with Crippen molar-refractivity contribution < 1.29 is 9.84 Å². The van der Waals surface area contributed by atoms with Gasteiger partial charge in [0.05, 0.1) is 30.0 Å². The Bertz CT molecular complexity index is 1310. The predicted octanol–water partition coefficient (Wildman–Crippen LogP) is 4.60. The minimum Gasteiger partial charge on any atom is -0.497 e. The third-order valence-corrected chi connectivity index (χ3v) is 7.62. The number of anilines is 1. The van der Waals surface area contributed by atoms with E-state index in [2.05, 4.69) is 16.9 Å². The van der Waals surface area contributed by atoms with Gasteiger partial charge in [-0.25, -0.2) is 9.71 Å². The molecule has 1 heterocycles. The van der Waals surface area contributed by atoms with Gasteiger partial charge in [-0.2, -0.15) is 0 Å². The van der Waals surface area contributed by atoms with Gasteiger partial charge in [-0.05, 0) is 66.4 Å². The number of benzene rings is 3. The zero-order chi connectivity index (χ0) is 24.8. The van der Waals surface area contributed by atoms with Crippen molar-refractivity contribution in [2.24, 2.45) is 5.73 Å². The molecule has 35 heavy (non-hydrogen) atoms. The van der Waals surface area contributed by atoms with E-state index >= 15 is 0 Å². The minimum atomic E-state index is -0.0653. The van der Waals surface area contributed by atoms with Crippen molar-refractivity contribution in [2.45, 2.75) is 17.4 Å². The number of rotatable bonds is 11. The maximum absolute atomic E-state index is 9.26. The Labute approximate surface area is 213 Å². The molecule has 3 aromatic carbocycles. The number of nitrogens with zero attached hydrogens (tertiary/aromatic N) is 2. The fourth-order valence-electron chi connectivity index (χ4n) is 3.68. The van der Waals surface area contributed by atoms with Crippen LogP contribution >= 0.6 is 23.3 Å². The number of fused-ring (bicyclic) bond motifs is 1. The topological polar surface area (TPSA) is 107 Å². The summed E-state index contributed by atoms with van der Waals surface area (Å²) in [4.78, 5) is 8.00. The van der Waals surface area contributed by atoms with Crippen molar-refractivity contribution in [3.05, 3.63) is 82.9 Å². The summed E-state index contributed by atoms with van der Waals surface area (Å²) >= 11 is 3.20. The smallest absolute Gasteiger partial charge is 0.122 e. The van der Waals surface area contributed by atoms with E-state index in [1.54, 1.807) is 30.4 Å². The molecule has 0 aliphatic rings. The molecule has 7 nitrogen and oxygen atoms in total. The van der Waals surface area contributed by atoms with Crippen LogP contribution in [0.1, 0.15) is 22.2 Å². The molecule has 0 fully saturated rings. The molecular formula is C26H29N5O2S2. The number of methoxy groups -OCH3 is 1. The highest BCUT2D eigenvalue weighted by molar-refractivity contribution is 7.97. The largest absolute Gasteiger partial charge is 0.497 e. The van der Waals surface area contributed by atoms with Crippen LogP contribution in [0.2, 0.25) is 0 Å². The average molecular weight is 508 g/mol. The summed E-state index contributed by atoms with van der Waals surface area (Å²) in [5.74, 6) is 0.867. The lowest BCUT2D eigenvalue weighted by atomic mass is 10.0. The number of nitrogen functional groups attached to an aromatic ring is 1. The van der Waals surface area contributed by atoms with Gasteiger partial charge < -0.3 is 20.5 Å². The molecule has 182 valence electrons. The number of aliphatic hydroxyl groups is 1. The van der Waals surface area contributed by atoms with Crippen LogP contribution in [-0.2, 0) is 6.42 Å². The van der Waals surface area contributed by atoms with Crippen molar-refractivity contribution in [1.82, 2.24) is 9.71 Å². The molecule has 5 N–H and O–H groups in total. The van der Waals surface area contributed by atoms with Crippen molar-refractivity contribution in [3.63, 3.8) is 0 Å². The maximum atomic E-state index is 9.26. The lowest BCUT2D eigenvalue weighted by Gasteiger charge is -2.20. The van der Waals surface area contributed by atoms with Crippen molar-refractivity contribution in [1.29, 1.82) is 5.41 Å². The first-order valence-corrected chi connectivity index (χ1v) is 12.8. The highest BCUT2D eigenvalue weighted by atomic mass is 32.2. The monoisotopic (exact) mass is 507 g/mol. The number of hydrogen-bond acceptors (Lipinski definition) is 8. The number of hydrogen-bond donors (Lipinski definition) is 4. The summed E-state index contributed by atoms with van der Waals surface area (Å²) in [6.07, 6.45) is 0.690. The predicted molar refractivity (Wildman–Crippen MR) is 146 cm³/mol. The van der Waals surface area contributed by atoms with Crippen molar-refractivity contribution >= 4 is 45.0 Å². The van der Waals surface area contributed by atoms with Gasteiger partial charge in [0.15, 0.2) is 0 Å². The first kappa shape index (κ1) is 25.0. The van der Waals surface area contributed by atoms with Crippen LogP contribution in [0.5, 0.6) is 5.75 Å². The first-order chi connectivity index (χ1) is 17.0. The van der Waals surface area contributed by atoms with Crippen LogP contribution in [-0.4, -0.2) is 43.2 Å². The number of nitrogens with two attached hydrogens (primary N) is 1. The molecule has 0 spiro atoms. The van der Waals surface area contributed by atoms with Crippen LogP contribution in [0, 0.1) is 5.41 Å². The zero-order valence-electron chi connectivity index (χ0n) is 19.7. The van der Waals surface area contributed by atoms with E-state index in [1.807, 2.05) is 66.5 Å². The van der Waals surface area contributed by atoms with E-state index in [0.717, 1.165) is 37.1 Å². The van der Waals surface area contributed by atoms with Gasteiger partial charge in [-0.1, -0.05) is 24.3 Å². The van der Waals surface area contributed by atoms with Gasteiger partial charge in [0.2, 0.25) is 0 Å². The van der Waals surface area contributed by atoms with Gasteiger partial charge >= 0.3 is 0 Å². The molecular weight excluding hydrogens is 478 g/mol. The molecule has 1 atom stereocenters. The maximum Gasteiger partial charge on any atom is 0.122 e. The fraction of sp³-hybridized carbons (Fsp3) is 0.231. The second-order valence-corrected chi connectivity index (χ2v) is 10.1. The van der Waals surface area contributed by atoms with Crippen LogP contribution < -0.4 is 20.1 Å². The Balaban J connectivity index is 1.61. The molecule has 4 aromatic rings. The fourth-order valence-corrected chi connectivity index (χ4v) is 5.60. The molecule has 1 aromatic heterocycles. The molecule has 0 aliphatic heterocycles. The van der Waals surface area contributed by atoms with E-state index in [9.17, 15) is 5.11 Å². The normalized spacial score (nSPS) is 12.0.